The predicted octanol–water partition coefficient (Wildman–Crippen LogP) is 7.27. The van der Waals surface area contributed by atoms with E-state index in [-0.39, 0.29) is 5.56 Å². The van der Waals surface area contributed by atoms with Gasteiger partial charge in [0.1, 0.15) is 18.2 Å². The highest BCUT2D eigenvalue weighted by Gasteiger charge is 2.11. The fraction of sp³-hybridized carbons (Fsp3) is 0.192. The molecule has 4 aromatic rings. The number of fused-ring (bicyclic) bond motifs is 1. The Morgan fingerprint density at radius 1 is 1.09 bits per heavy atom. The van der Waals surface area contributed by atoms with Crippen molar-refractivity contribution in [3.05, 3.63) is 102 Å². The second kappa shape index (κ2) is 11.2. The number of unbranched alkanes of at least 4 members (excludes halogenated alkanes) is 1. The molecule has 0 saturated heterocycles. The lowest BCUT2D eigenvalue weighted by Gasteiger charge is -2.11. The minimum atomic E-state index is -0.206. The van der Waals surface area contributed by atoms with E-state index in [9.17, 15) is 4.79 Å². The smallest absolute Gasteiger partial charge is 0.282 e. The first-order valence-corrected chi connectivity index (χ1v) is 12.4. The summed E-state index contributed by atoms with van der Waals surface area (Å²) in [5.74, 6) is 1.27. The fourth-order valence-electron chi connectivity index (χ4n) is 3.44. The van der Waals surface area contributed by atoms with Crippen molar-refractivity contribution in [1.29, 1.82) is 0 Å². The second-order valence-electron chi connectivity index (χ2n) is 7.73. The molecule has 5 nitrogen and oxygen atoms in total. The minimum absolute atomic E-state index is 0.206. The summed E-state index contributed by atoms with van der Waals surface area (Å²) in [5.41, 5.74) is 2.09. The number of para-hydroxylation sites is 1. The standard InChI is InChI=1S/C26H22BrCl2N3O2/c1-2-3-8-25-31-23-12-10-19(27)14-20(23)26(33)32(25)30-15-18-6-4-5-7-24(18)34-16-17-9-11-21(28)22(29)13-17/h4-7,9-15H,2-3,8,16H2,1H3. The molecule has 0 N–H and O–H groups in total. The number of hydrogen-bond donors (Lipinski definition) is 0. The maximum atomic E-state index is 13.3. The second-order valence-corrected chi connectivity index (χ2v) is 9.46. The fourth-order valence-corrected chi connectivity index (χ4v) is 4.12. The molecule has 0 spiro atoms. The van der Waals surface area contributed by atoms with Crippen LogP contribution < -0.4 is 10.3 Å². The molecule has 1 aromatic heterocycles. The molecule has 1 heterocycles. The van der Waals surface area contributed by atoms with Gasteiger partial charge in [0.2, 0.25) is 0 Å². The van der Waals surface area contributed by atoms with Gasteiger partial charge in [-0.2, -0.15) is 9.78 Å². The maximum absolute atomic E-state index is 13.3. The van der Waals surface area contributed by atoms with Gasteiger partial charge in [-0.15, -0.1) is 0 Å². The molecule has 0 bridgehead atoms. The van der Waals surface area contributed by atoms with Crippen molar-refractivity contribution in [1.82, 2.24) is 9.66 Å². The van der Waals surface area contributed by atoms with E-state index >= 15 is 0 Å². The van der Waals surface area contributed by atoms with Crippen LogP contribution in [0.3, 0.4) is 0 Å². The maximum Gasteiger partial charge on any atom is 0.282 e. The van der Waals surface area contributed by atoms with Crippen molar-refractivity contribution in [2.75, 3.05) is 0 Å². The number of ether oxygens (including phenoxy) is 1. The molecule has 3 aromatic carbocycles. The van der Waals surface area contributed by atoms with Gasteiger partial charge in [0.15, 0.2) is 0 Å². The number of benzene rings is 3. The average Bonchev–Trinajstić information content (AvgIpc) is 2.84. The highest BCUT2D eigenvalue weighted by atomic mass is 79.9. The Hall–Kier alpha value is -2.67. The third-order valence-electron chi connectivity index (χ3n) is 5.24. The topological polar surface area (TPSA) is 56.5 Å². The normalized spacial score (nSPS) is 11.4. The van der Waals surface area contributed by atoms with Gasteiger partial charge in [0.25, 0.3) is 5.56 Å². The summed E-state index contributed by atoms with van der Waals surface area (Å²) in [5, 5.41) is 6.02. The van der Waals surface area contributed by atoms with Gasteiger partial charge < -0.3 is 4.74 Å². The number of aryl methyl sites for hydroxylation is 1. The Bertz CT molecular complexity index is 1420. The van der Waals surface area contributed by atoms with E-state index in [1.807, 2.05) is 42.5 Å². The first-order chi connectivity index (χ1) is 16.5. The Morgan fingerprint density at radius 3 is 2.71 bits per heavy atom. The molecular formula is C26H22BrCl2N3O2. The van der Waals surface area contributed by atoms with Crippen molar-refractivity contribution in [3.8, 4) is 5.75 Å². The van der Waals surface area contributed by atoms with Gasteiger partial charge in [0, 0.05) is 16.5 Å². The van der Waals surface area contributed by atoms with Crippen molar-refractivity contribution >= 4 is 56.2 Å². The SMILES string of the molecule is CCCCc1nc2ccc(Br)cc2c(=O)n1N=Cc1ccccc1OCc1ccc(Cl)c(Cl)c1. The van der Waals surface area contributed by atoms with Gasteiger partial charge >= 0.3 is 0 Å². The monoisotopic (exact) mass is 557 g/mol. The molecule has 0 aliphatic rings. The average molecular weight is 559 g/mol. The molecule has 0 radical (unpaired) electrons. The van der Waals surface area contributed by atoms with E-state index < -0.39 is 0 Å². The minimum Gasteiger partial charge on any atom is -0.488 e. The Kier molecular flexibility index (Phi) is 8.03. The molecule has 0 atom stereocenters. The van der Waals surface area contributed by atoms with Crippen LogP contribution in [0.25, 0.3) is 10.9 Å². The van der Waals surface area contributed by atoms with Gasteiger partial charge in [0.05, 0.1) is 27.2 Å². The third kappa shape index (κ3) is 5.69. The molecule has 174 valence electrons. The lowest BCUT2D eigenvalue weighted by molar-refractivity contribution is 0.306. The lowest BCUT2D eigenvalue weighted by atomic mass is 10.2. The number of halogens is 3. The molecule has 0 unspecified atom stereocenters. The van der Waals surface area contributed by atoms with E-state index in [0.29, 0.717) is 45.5 Å². The summed E-state index contributed by atoms with van der Waals surface area (Å²) in [6.07, 6.45) is 4.19. The summed E-state index contributed by atoms with van der Waals surface area (Å²) >= 11 is 15.5. The van der Waals surface area contributed by atoms with Crippen LogP contribution in [0.1, 0.15) is 36.7 Å². The van der Waals surface area contributed by atoms with Crippen molar-refractivity contribution in [2.24, 2.45) is 5.10 Å². The Balaban J connectivity index is 1.66. The highest BCUT2D eigenvalue weighted by Crippen LogP contribution is 2.24. The summed E-state index contributed by atoms with van der Waals surface area (Å²) < 4.78 is 8.22. The van der Waals surface area contributed by atoms with Crippen LogP contribution in [0.15, 0.2) is 75.0 Å². The van der Waals surface area contributed by atoms with Crippen LogP contribution in [0.4, 0.5) is 0 Å². The van der Waals surface area contributed by atoms with Crippen molar-refractivity contribution < 1.29 is 4.74 Å². The van der Waals surface area contributed by atoms with E-state index in [1.165, 1.54) is 4.68 Å². The quantitative estimate of drug-likeness (QED) is 0.214. The molecule has 4 rings (SSSR count). The van der Waals surface area contributed by atoms with Crippen LogP contribution in [0.5, 0.6) is 5.75 Å². The van der Waals surface area contributed by atoms with E-state index in [4.69, 9.17) is 32.9 Å². The van der Waals surface area contributed by atoms with E-state index in [0.717, 1.165) is 28.4 Å². The van der Waals surface area contributed by atoms with Gasteiger partial charge in [-0.25, -0.2) is 4.98 Å². The summed E-state index contributed by atoms with van der Waals surface area (Å²) in [7, 11) is 0. The molecule has 0 aliphatic carbocycles. The first-order valence-electron chi connectivity index (χ1n) is 10.9. The summed E-state index contributed by atoms with van der Waals surface area (Å²) in [6.45, 7) is 2.42. The lowest BCUT2D eigenvalue weighted by Crippen LogP contribution is -2.22. The molecule has 8 heteroatoms. The van der Waals surface area contributed by atoms with Gasteiger partial charge in [-0.05, 0) is 54.4 Å². The Labute approximate surface area is 216 Å². The number of aromatic nitrogens is 2. The number of nitrogens with zero attached hydrogens (tertiary/aromatic N) is 3. The molecular weight excluding hydrogens is 537 g/mol. The zero-order valence-electron chi connectivity index (χ0n) is 18.5. The predicted molar refractivity (Wildman–Crippen MR) is 143 cm³/mol. The van der Waals surface area contributed by atoms with Crippen LogP contribution in [-0.4, -0.2) is 15.9 Å². The largest absolute Gasteiger partial charge is 0.488 e. The van der Waals surface area contributed by atoms with E-state index in [2.05, 4.69) is 28.0 Å². The van der Waals surface area contributed by atoms with Crippen molar-refractivity contribution in [3.63, 3.8) is 0 Å². The van der Waals surface area contributed by atoms with Crippen molar-refractivity contribution in [2.45, 2.75) is 32.8 Å². The molecule has 34 heavy (non-hydrogen) atoms. The molecule has 0 amide bonds. The zero-order chi connectivity index (χ0) is 24.1. The number of rotatable bonds is 8. The third-order valence-corrected chi connectivity index (χ3v) is 6.47. The summed E-state index contributed by atoms with van der Waals surface area (Å²) in [6, 6.07) is 18.4. The first kappa shape index (κ1) is 24.5. The van der Waals surface area contributed by atoms with Crippen LogP contribution in [0.2, 0.25) is 10.0 Å². The summed E-state index contributed by atoms with van der Waals surface area (Å²) in [4.78, 5) is 18.0. The molecule has 0 fully saturated rings. The van der Waals surface area contributed by atoms with Crippen LogP contribution in [0, 0.1) is 0 Å². The highest BCUT2D eigenvalue weighted by molar-refractivity contribution is 9.10. The molecule has 0 aliphatic heterocycles. The number of hydrogen-bond acceptors (Lipinski definition) is 4. The van der Waals surface area contributed by atoms with Crippen LogP contribution in [-0.2, 0) is 13.0 Å². The molecule has 0 saturated carbocycles. The Morgan fingerprint density at radius 2 is 1.91 bits per heavy atom. The van der Waals surface area contributed by atoms with E-state index in [1.54, 1.807) is 24.4 Å². The van der Waals surface area contributed by atoms with Gasteiger partial charge in [-0.3, -0.25) is 4.79 Å². The zero-order valence-corrected chi connectivity index (χ0v) is 21.6. The van der Waals surface area contributed by atoms with Gasteiger partial charge in [-0.1, -0.05) is 70.7 Å². The van der Waals surface area contributed by atoms with Crippen LogP contribution >= 0.6 is 39.1 Å².